The van der Waals surface area contributed by atoms with Gasteiger partial charge in [0.15, 0.2) is 0 Å². The smallest absolute Gasteiger partial charge is 0.406 e. The number of hydrogen-bond donors (Lipinski definition) is 1. The Labute approximate surface area is 112 Å². The summed E-state index contributed by atoms with van der Waals surface area (Å²) in [5.74, 6) is 0.211. The van der Waals surface area contributed by atoms with Crippen LogP contribution >= 0.6 is 0 Å². The zero-order valence-corrected chi connectivity index (χ0v) is 11.4. The highest BCUT2D eigenvalue weighted by Crippen LogP contribution is 2.30. The molecule has 0 saturated heterocycles. The summed E-state index contributed by atoms with van der Waals surface area (Å²) in [6.45, 7) is 4.16. The zero-order valence-electron chi connectivity index (χ0n) is 11.4. The summed E-state index contributed by atoms with van der Waals surface area (Å²) in [6, 6.07) is 6.21. The summed E-state index contributed by atoms with van der Waals surface area (Å²) < 4.78 is 40.6. The minimum absolute atomic E-state index is 0.0341. The lowest BCUT2D eigenvalue weighted by molar-refractivity contribution is -0.274. The Morgan fingerprint density at radius 3 is 2.32 bits per heavy atom. The molecule has 0 aliphatic heterocycles. The fourth-order valence-corrected chi connectivity index (χ4v) is 2.34. The topological polar surface area (TPSA) is 21.3 Å². The monoisotopic (exact) mass is 275 g/mol. The second-order valence-electron chi connectivity index (χ2n) is 4.46. The van der Waals surface area contributed by atoms with E-state index in [0.717, 1.165) is 18.4 Å². The van der Waals surface area contributed by atoms with Crippen molar-refractivity contribution in [2.24, 2.45) is 5.92 Å². The van der Waals surface area contributed by atoms with Crippen LogP contribution in [0.25, 0.3) is 0 Å². The second-order valence-corrected chi connectivity index (χ2v) is 4.46. The van der Waals surface area contributed by atoms with E-state index in [1.54, 1.807) is 6.07 Å². The predicted molar refractivity (Wildman–Crippen MR) is 69.0 cm³/mol. The van der Waals surface area contributed by atoms with E-state index in [9.17, 15) is 13.2 Å². The highest BCUT2D eigenvalue weighted by atomic mass is 19.4. The standard InChI is InChI=1S/C14H20F3NO/c1-4-10(5-2)13(18-3)11-7-6-8-12(9-11)19-14(15,16)17/h6-10,13,18H,4-5H2,1-3H3. The first kappa shape index (κ1) is 15.8. The third-order valence-electron chi connectivity index (χ3n) is 3.28. The van der Waals surface area contributed by atoms with Crippen LogP contribution in [0.5, 0.6) is 5.75 Å². The Morgan fingerprint density at radius 2 is 1.84 bits per heavy atom. The molecule has 5 heteroatoms. The lowest BCUT2D eigenvalue weighted by atomic mass is 9.89. The average Bonchev–Trinajstić information content (AvgIpc) is 2.34. The number of hydrogen-bond acceptors (Lipinski definition) is 2. The van der Waals surface area contributed by atoms with E-state index < -0.39 is 6.36 Å². The van der Waals surface area contributed by atoms with Gasteiger partial charge in [-0.05, 0) is 30.7 Å². The molecule has 2 nitrogen and oxygen atoms in total. The van der Waals surface area contributed by atoms with E-state index in [1.165, 1.54) is 12.1 Å². The van der Waals surface area contributed by atoms with Crippen LogP contribution in [0.3, 0.4) is 0 Å². The van der Waals surface area contributed by atoms with E-state index in [2.05, 4.69) is 23.9 Å². The second kappa shape index (κ2) is 6.80. The highest BCUT2D eigenvalue weighted by Gasteiger charge is 2.31. The molecule has 108 valence electrons. The van der Waals surface area contributed by atoms with Crippen molar-refractivity contribution >= 4 is 0 Å². The van der Waals surface area contributed by atoms with Crippen LogP contribution in [0.2, 0.25) is 0 Å². The van der Waals surface area contributed by atoms with Crippen LogP contribution in [0.4, 0.5) is 13.2 Å². The number of rotatable bonds is 6. The first-order valence-electron chi connectivity index (χ1n) is 6.44. The molecule has 0 fully saturated rings. The molecule has 0 heterocycles. The molecule has 1 aromatic rings. The van der Waals surface area contributed by atoms with Crippen molar-refractivity contribution in [1.29, 1.82) is 0 Å². The maximum Gasteiger partial charge on any atom is 0.573 e. The largest absolute Gasteiger partial charge is 0.573 e. The van der Waals surface area contributed by atoms with Gasteiger partial charge in [-0.25, -0.2) is 0 Å². The Balaban J connectivity index is 2.96. The van der Waals surface area contributed by atoms with Crippen LogP contribution in [0.15, 0.2) is 24.3 Å². The van der Waals surface area contributed by atoms with Crippen LogP contribution in [-0.2, 0) is 0 Å². The minimum Gasteiger partial charge on any atom is -0.406 e. The van der Waals surface area contributed by atoms with E-state index in [0.29, 0.717) is 5.92 Å². The van der Waals surface area contributed by atoms with E-state index in [1.807, 2.05) is 13.1 Å². The normalized spacial score (nSPS) is 13.6. The van der Waals surface area contributed by atoms with Crippen LogP contribution < -0.4 is 10.1 Å². The van der Waals surface area contributed by atoms with E-state index >= 15 is 0 Å². The van der Waals surface area contributed by atoms with Crippen LogP contribution in [0, 0.1) is 5.92 Å². The summed E-state index contributed by atoms with van der Waals surface area (Å²) in [7, 11) is 1.82. The fraction of sp³-hybridized carbons (Fsp3) is 0.571. The first-order valence-corrected chi connectivity index (χ1v) is 6.44. The Hall–Kier alpha value is -1.23. The molecular weight excluding hydrogens is 255 g/mol. The van der Waals surface area contributed by atoms with Gasteiger partial charge in [-0.1, -0.05) is 38.8 Å². The highest BCUT2D eigenvalue weighted by molar-refractivity contribution is 5.31. The quantitative estimate of drug-likeness (QED) is 0.836. The van der Waals surface area contributed by atoms with Gasteiger partial charge in [0.25, 0.3) is 0 Å². The minimum atomic E-state index is -4.65. The SMILES string of the molecule is CCC(CC)C(NC)c1cccc(OC(F)(F)F)c1. The third kappa shape index (κ3) is 4.74. The van der Waals surface area contributed by atoms with Crippen molar-refractivity contribution in [2.45, 2.75) is 39.1 Å². The van der Waals surface area contributed by atoms with Crippen molar-refractivity contribution in [2.75, 3.05) is 7.05 Å². The molecule has 19 heavy (non-hydrogen) atoms. The van der Waals surface area contributed by atoms with E-state index in [-0.39, 0.29) is 11.8 Å². The number of ether oxygens (including phenoxy) is 1. The average molecular weight is 275 g/mol. The molecular formula is C14H20F3NO. The van der Waals surface area contributed by atoms with Crippen molar-refractivity contribution in [3.8, 4) is 5.75 Å². The number of halogens is 3. The number of benzene rings is 1. The van der Waals surface area contributed by atoms with Gasteiger partial charge in [0, 0.05) is 6.04 Å². The van der Waals surface area contributed by atoms with Crippen LogP contribution in [0.1, 0.15) is 38.3 Å². The molecule has 1 unspecified atom stereocenters. The van der Waals surface area contributed by atoms with Crippen molar-refractivity contribution in [3.63, 3.8) is 0 Å². The van der Waals surface area contributed by atoms with Gasteiger partial charge in [-0.3, -0.25) is 0 Å². The zero-order chi connectivity index (χ0) is 14.5. The summed E-state index contributed by atoms with van der Waals surface area (Å²) in [5, 5.41) is 3.17. The molecule has 1 rings (SSSR count). The Morgan fingerprint density at radius 1 is 1.21 bits per heavy atom. The molecule has 1 N–H and O–H groups in total. The van der Waals surface area contributed by atoms with Crippen molar-refractivity contribution in [3.05, 3.63) is 29.8 Å². The van der Waals surface area contributed by atoms with Crippen molar-refractivity contribution < 1.29 is 17.9 Å². The molecule has 0 bridgehead atoms. The van der Waals surface area contributed by atoms with Gasteiger partial charge in [0.2, 0.25) is 0 Å². The molecule has 0 aliphatic carbocycles. The van der Waals surface area contributed by atoms with Gasteiger partial charge in [0.05, 0.1) is 0 Å². The van der Waals surface area contributed by atoms with E-state index in [4.69, 9.17) is 0 Å². The lowest BCUT2D eigenvalue weighted by Crippen LogP contribution is -2.25. The molecule has 0 amide bonds. The number of nitrogens with one attached hydrogen (secondary N) is 1. The molecule has 0 radical (unpaired) electrons. The van der Waals surface area contributed by atoms with Gasteiger partial charge in [0.1, 0.15) is 5.75 Å². The Bertz CT molecular complexity index is 389. The molecule has 0 saturated carbocycles. The van der Waals surface area contributed by atoms with Gasteiger partial charge >= 0.3 is 6.36 Å². The summed E-state index contributed by atoms with van der Waals surface area (Å²) in [5.41, 5.74) is 0.818. The molecule has 0 aromatic heterocycles. The lowest BCUT2D eigenvalue weighted by Gasteiger charge is -2.25. The molecule has 0 aliphatic rings. The van der Waals surface area contributed by atoms with Gasteiger partial charge in [-0.15, -0.1) is 13.2 Å². The van der Waals surface area contributed by atoms with Gasteiger partial charge in [-0.2, -0.15) is 0 Å². The van der Waals surface area contributed by atoms with Crippen molar-refractivity contribution in [1.82, 2.24) is 5.32 Å². The molecule has 0 spiro atoms. The first-order chi connectivity index (χ1) is 8.91. The summed E-state index contributed by atoms with van der Waals surface area (Å²) in [4.78, 5) is 0. The number of alkyl halides is 3. The molecule has 1 aromatic carbocycles. The third-order valence-corrected chi connectivity index (χ3v) is 3.28. The van der Waals surface area contributed by atoms with Crippen LogP contribution in [-0.4, -0.2) is 13.4 Å². The maximum atomic E-state index is 12.2. The Kier molecular flexibility index (Phi) is 5.66. The summed E-state index contributed by atoms with van der Waals surface area (Å²) in [6.07, 6.45) is -2.72. The maximum absolute atomic E-state index is 12.2. The summed E-state index contributed by atoms with van der Waals surface area (Å²) >= 11 is 0. The predicted octanol–water partition coefficient (Wildman–Crippen LogP) is 4.28. The fourth-order valence-electron chi connectivity index (χ4n) is 2.34. The van der Waals surface area contributed by atoms with Gasteiger partial charge < -0.3 is 10.1 Å². The molecule has 1 atom stereocenters.